The molecule has 2 aromatic rings. The third-order valence-corrected chi connectivity index (χ3v) is 11.8. The van der Waals surface area contributed by atoms with E-state index in [1.807, 2.05) is 50.2 Å². The minimum absolute atomic E-state index is 0.0802. The van der Waals surface area contributed by atoms with Gasteiger partial charge in [-0.3, -0.25) is 0 Å². The van der Waals surface area contributed by atoms with Crippen molar-refractivity contribution in [3.8, 4) is 0 Å². The number of rotatable bonds is 8. The fraction of sp³-hybridized carbons (Fsp3) is 0.562. The molecule has 6 nitrogen and oxygen atoms in total. The molecule has 0 radical (unpaired) electrons. The standard InChI is InChI=1S/C32H46O6Si/c1-22(2)25(26-32(35-26,27(33)36-29(3,4)5)28(34)37-30(6,7)8)38-39(31(9,10)11,23-18-14-12-15-19-23)24-20-16-13-17-21-24/h12-22,25-26H,1-11H3/t25-,26?/m1/s1. The van der Waals surface area contributed by atoms with Gasteiger partial charge >= 0.3 is 11.9 Å². The number of carbonyl (C=O) groups is 2. The summed E-state index contributed by atoms with van der Waals surface area (Å²) >= 11 is 0. The van der Waals surface area contributed by atoms with Crippen molar-refractivity contribution < 1.29 is 28.2 Å². The Kier molecular flexibility index (Phi) is 8.62. The molecule has 1 unspecified atom stereocenters. The van der Waals surface area contributed by atoms with E-state index in [-0.39, 0.29) is 11.0 Å². The molecule has 0 aromatic heterocycles. The smallest absolute Gasteiger partial charge is 0.353 e. The number of hydrogen-bond donors (Lipinski definition) is 0. The van der Waals surface area contributed by atoms with Crippen LogP contribution in [0.3, 0.4) is 0 Å². The Morgan fingerprint density at radius 2 is 1.13 bits per heavy atom. The quantitative estimate of drug-likeness (QED) is 0.188. The van der Waals surface area contributed by atoms with Crippen molar-refractivity contribution in [2.45, 2.75) is 110 Å². The van der Waals surface area contributed by atoms with E-state index in [1.54, 1.807) is 41.5 Å². The van der Waals surface area contributed by atoms with E-state index in [0.29, 0.717) is 0 Å². The molecule has 0 bridgehead atoms. The molecule has 39 heavy (non-hydrogen) atoms. The predicted molar refractivity (Wildman–Crippen MR) is 157 cm³/mol. The lowest BCUT2D eigenvalue weighted by molar-refractivity contribution is -0.176. The van der Waals surface area contributed by atoms with Crippen LogP contribution in [0.2, 0.25) is 5.04 Å². The molecule has 0 saturated carbocycles. The zero-order valence-corrected chi connectivity index (χ0v) is 26.5. The van der Waals surface area contributed by atoms with Crippen LogP contribution < -0.4 is 10.4 Å². The van der Waals surface area contributed by atoms with Gasteiger partial charge in [-0.1, -0.05) is 95.3 Å². The van der Waals surface area contributed by atoms with Crippen LogP contribution in [0.15, 0.2) is 60.7 Å². The molecule has 1 aliphatic rings. The van der Waals surface area contributed by atoms with E-state index in [9.17, 15) is 9.59 Å². The van der Waals surface area contributed by atoms with Gasteiger partial charge in [-0.05, 0) is 62.9 Å². The van der Waals surface area contributed by atoms with Crippen molar-refractivity contribution in [1.82, 2.24) is 0 Å². The second-order valence-electron chi connectivity index (χ2n) is 13.8. The molecule has 3 rings (SSSR count). The van der Waals surface area contributed by atoms with Gasteiger partial charge in [-0.25, -0.2) is 9.59 Å². The van der Waals surface area contributed by atoms with Crippen LogP contribution in [0.5, 0.6) is 0 Å². The number of hydrogen-bond acceptors (Lipinski definition) is 6. The minimum Gasteiger partial charge on any atom is -0.457 e. The molecule has 1 aliphatic heterocycles. The van der Waals surface area contributed by atoms with Gasteiger partial charge in [0.2, 0.25) is 0 Å². The Morgan fingerprint density at radius 3 is 1.44 bits per heavy atom. The summed E-state index contributed by atoms with van der Waals surface area (Å²) in [5.41, 5.74) is -3.51. The molecule has 1 fully saturated rings. The monoisotopic (exact) mass is 554 g/mol. The van der Waals surface area contributed by atoms with Crippen molar-refractivity contribution in [2.75, 3.05) is 0 Å². The third kappa shape index (κ3) is 6.47. The lowest BCUT2D eigenvalue weighted by atomic mass is 9.94. The van der Waals surface area contributed by atoms with E-state index in [0.717, 1.165) is 10.4 Å². The third-order valence-electron chi connectivity index (χ3n) is 6.75. The van der Waals surface area contributed by atoms with Gasteiger partial charge in [0, 0.05) is 0 Å². The van der Waals surface area contributed by atoms with Crippen molar-refractivity contribution in [3.05, 3.63) is 60.7 Å². The van der Waals surface area contributed by atoms with E-state index >= 15 is 0 Å². The Morgan fingerprint density at radius 1 is 0.744 bits per heavy atom. The minimum atomic E-state index is -3.01. The lowest BCUT2D eigenvalue weighted by Gasteiger charge is -2.45. The van der Waals surface area contributed by atoms with E-state index in [1.165, 1.54) is 0 Å². The predicted octanol–water partition coefficient (Wildman–Crippen LogP) is 5.41. The highest BCUT2D eigenvalue weighted by Crippen LogP contribution is 2.48. The summed E-state index contributed by atoms with van der Waals surface area (Å²) in [6, 6.07) is 20.6. The molecule has 1 heterocycles. The molecular formula is C32H46O6Si. The van der Waals surface area contributed by atoms with Gasteiger partial charge < -0.3 is 18.6 Å². The SMILES string of the molecule is CC(C)[C@@H](O[Si](c1ccccc1)(c1ccccc1)C(C)(C)C)C1OC1(C(=O)OC(C)(C)C)C(=O)OC(C)(C)C. The number of epoxide rings is 1. The molecule has 0 spiro atoms. The fourth-order valence-electron chi connectivity index (χ4n) is 5.03. The first-order valence-electron chi connectivity index (χ1n) is 13.8. The second-order valence-corrected chi connectivity index (χ2v) is 18.0. The summed E-state index contributed by atoms with van der Waals surface area (Å²) in [5.74, 6) is -1.57. The molecule has 0 aliphatic carbocycles. The Bertz CT molecular complexity index is 1070. The number of esters is 2. The van der Waals surface area contributed by atoms with Gasteiger partial charge in [0.15, 0.2) is 0 Å². The number of carbonyl (C=O) groups excluding carboxylic acids is 2. The maximum Gasteiger partial charge on any atom is 0.353 e. The number of ether oxygens (including phenoxy) is 3. The summed E-state index contributed by atoms with van der Waals surface area (Å²) in [6.45, 7) is 21.2. The highest BCUT2D eigenvalue weighted by Gasteiger charge is 2.75. The summed E-state index contributed by atoms with van der Waals surface area (Å²) in [4.78, 5) is 27.2. The molecule has 2 atom stereocenters. The fourth-order valence-corrected chi connectivity index (χ4v) is 9.85. The van der Waals surface area contributed by atoms with Crippen LogP contribution >= 0.6 is 0 Å². The van der Waals surface area contributed by atoms with Gasteiger partial charge in [-0.2, -0.15) is 0 Å². The maximum atomic E-state index is 13.6. The molecule has 214 valence electrons. The van der Waals surface area contributed by atoms with Crippen LogP contribution in [-0.4, -0.2) is 49.3 Å². The average molecular weight is 555 g/mol. The van der Waals surface area contributed by atoms with E-state index in [2.05, 4.69) is 45.0 Å². The molecule has 0 N–H and O–H groups in total. The maximum absolute atomic E-state index is 13.6. The van der Waals surface area contributed by atoms with Crippen molar-refractivity contribution in [2.24, 2.45) is 5.92 Å². The van der Waals surface area contributed by atoms with Gasteiger partial charge in [-0.15, -0.1) is 0 Å². The number of benzene rings is 2. The largest absolute Gasteiger partial charge is 0.457 e. The highest BCUT2D eigenvalue weighted by molar-refractivity contribution is 6.99. The lowest BCUT2D eigenvalue weighted by Crippen LogP contribution is -2.68. The summed E-state index contributed by atoms with van der Waals surface area (Å²) < 4.78 is 24.9. The van der Waals surface area contributed by atoms with Crippen LogP contribution in [0.25, 0.3) is 0 Å². The zero-order chi connectivity index (χ0) is 29.4. The van der Waals surface area contributed by atoms with Crippen LogP contribution in [0.1, 0.15) is 76.2 Å². The van der Waals surface area contributed by atoms with E-state index < -0.39 is 49.3 Å². The van der Waals surface area contributed by atoms with Crippen LogP contribution in [0.4, 0.5) is 0 Å². The van der Waals surface area contributed by atoms with Crippen molar-refractivity contribution >= 4 is 30.6 Å². The molecule has 2 aromatic carbocycles. The molecular weight excluding hydrogens is 508 g/mol. The van der Waals surface area contributed by atoms with Crippen molar-refractivity contribution in [3.63, 3.8) is 0 Å². The van der Waals surface area contributed by atoms with Crippen LogP contribution in [-0.2, 0) is 28.2 Å². The summed E-state index contributed by atoms with van der Waals surface area (Å²) in [7, 11) is -3.01. The summed E-state index contributed by atoms with van der Waals surface area (Å²) in [6.07, 6.45) is -1.44. The Hall–Kier alpha value is -2.48. The highest BCUT2D eigenvalue weighted by atomic mass is 28.4. The second kappa shape index (κ2) is 10.8. The normalized spacial score (nSPS) is 18.4. The first-order chi connectivity index (χ1) is 17.8. The van der Waals surface area contributed by atoms with Gasteiger partial charge in [0.05, 0.1) is 6.10 Å². The van der Waals surface area contributed by atoms with Crippen molar-refractivity contribution in [1.29, 1.82) is 0 Å². The van der Waals surface area contributed by atoms with Gasteiger partial charge in [0.1, 0.15) is 17.3 Å². The first-order valence-corrected chi connectivity index (χ1v) is 15.7. The molecule has 7 heteroatoms. The Balaban J connectivity index is 2.17. The molecule has 1 saturated heterocycles. The van der Waals surface area contributed by atoms with Crippen LogP contribution in [0, 0.1) is 5.92 Å². The Labute approximate surface area is 235 Å². The first kappa shape index (κ1) is 31.0. The average Bonchev–Trinajstić information content (AvgIpc) is 3.55. The summed E-state index contributed by atoms with van der Waals surface area (Å²) in [5, 5.41) is 1.92. The zero-order valence-electron chi connectivity index (χ0n) is 25.5. The topological polar surface area (TPSA) is 74.4 Å². The molecule has 0 amide bonds. The van der Waals surface area contributed by atoms with Gasteiger partial charge in [0.25, 0.3) is 13.9 Å². The van der Waals surface area contributed by atoms with E-state index in [4.69, 9.17) is 18.6 Å².